The second kappa shape index (κ2) is 24.0. The molecular formula is C56H32F18N4O10S2. The van der Waals surface area contributed by atoms with Crippen molar-refractivity contribution in [3.8, 4) is 44.5 Å². The molecule has 2 fully saturated rings. The number of rotatable bonds is 10. The number of aliphatic hydroxyl groups is 8. The average molecular weight is 1330 g/mol. The molecule has 0 radical (unpaired) electrons. The molecule has 10 N–H and O–H groups in total. The Hall–Kier alpha value is -7.48. The largest absolute Gasteiger partial charge is 0.394 e. The SMILES string of the molecule is OC[C@H]1O[C@H](Sc2c(F)c(F)c(-c3c4nc(c(-c5c(F)c(F)c(F)c(F)c5F)c5ccc([nH]5)c(-c5c(F)c(F)c(S[C@H]6O[C@H](CO)[C@@H](O)[C@H](O)[C@@H]6O)c(F)c5F)c5nc(c(-c6c(F)c(F)c(F)c(F)c6F)c6ccc3[nH]6)C=C5)C=C4)c(F)c2F)[C@@H](O)[C@@H](O)[C@@H]1O. The number of ether oxygens (including phenoxy) is 2. The molecule has 3 aromatic heterocycles. The van der Waals surface area contributed by atoms with Gasteiger partial charge in [0.1, 0.15) is 59.7 Å². The van der Waals surface area contributed by atoms with Crippen molar-refractivity contribution in [2.75, 3.05) is 13.2 Å². The minimum atomic E-state index is -2.76. The number of aliphatic hydroxyl groups excluding tert-OH is 8. The Bertz CT molecular complexity index is 4050. The molecule has 4 aromatic carbocycles. The van der Waals surface area contributed by atoms with E-state index in [9.17, 15) is 49.6 Å². The first-order valence-corrected chi connectivity index (χ1v) is 27.2. The molecule has 8 bridgehead atoms. The molecule has 4 aliphatic heterocycles. The van der Waals surface area contributed by atoms with Gasteiger partial charge < -0.3 is 60.3 Å². The first-order chi connectivity index (χ1) is 42.6. The summed E-state index contributed by atoms with van der Waals surface area (Å²) in [5.74, 6) is -46.0. The van der Waals surface area contributed by atoms with Crippen molar-refractivity contribution in [2.24, 2.45) is 0 Å². The van der Waals surface area contributed by atoms with Crippen LogP contribution in [0.4, 0.5) is 79.0 Å². The average Bonchev–Trinajstić information content (AvgIpc) is 1.49. The zero-order valence-electron chi connectivity index (χ0n) is 43.7. The van der Waals surface area contributed by atoms with Crippen LogP contribution >= 0.6 is 23.5 Å². The third-order valence-corrected chi connectivity index (χ3v) is 17.2. The molecule has 4 aliphatic rings. The topological polar surface area (TPSA) is 238 Å². The maximum Gasteiger partial charge on any atom is 0.200 e. The molecular weight excluding hydrogens is 1290 g/mol. The highest BCUT2D eigenvalue weighted by molar-refractivity contribution is 8.00. The number of fused-ring (bicyclic) bond motifs is 8. The molecule has 7 heterocycles. The Kier molecular flexibility index (Phi) is 17.1. The summed E-state index contributed by atoms with van der Waals surface area (Å²) in [6.07, 6.45) is -14.3. The summed E-state index contributed by atoms with van der Waals surface area (Å²) >= 11 is -0.684. The van der Waals surface area contributed by atoms with Gasteiger partial charge in [0.15, 0.2) is 93.1 Å². The van der Waals surface area contributed by atoms with Crippen molar-refractivity contribution in [3.05, 3.63) is 152 Å². The highest BCUT2D eigenvalue weighted by Crippen LogP contribution is 2.48. The molecule has 11 rings (SSSR count). The van der Waals surface area contributed by atoms with Gasteiger partial charge in [0, 0.05) is 44.3 Å². The lowest BCUT2D eigenvalue weighted by molar-refractivity contribution is -0.205. The van der Waals surface area contributed by atoms with Crippen molar-refractivity contribution in [1.82, 2.24) is 19.9 Å². The zero-order valence-corrected chi connectivity index (χ0v) is 45.3. The molecule has 0 aliphatic carbocycles. The van der Waals surface area contributed by atoms with Crippen LogP contribution < -0.4 is 0 Å². The lowest BCUT2D eigenvalue weighted by Crippen LogP contribution is -2.57. The number of halogens is 18. The Morgan fingerprint density at radius 1 is 0.311 bits per heavy atom. The predicted octanol–water partition coefficient (Wildman–Crippen LogP) is 9.61. The van der Waals surface area contributed by atoms with Gasteiger partial charge in [-0.15, -0.1) is 0 Å². The lowest BCUT2D eigenvalue weighted by Gasteiger charge is -2.39. The van der Waals surface area contributed by atoms with Gasteiger partial charge in [0.25, 0.3) is 0 Å². The summed E-state index contributed by atoms with van der Waals surface area (Å²) in [5.41, 5.74) is -25.3. The summed E-state index contributed by atoms with van der Waals surface area (Å²) in [7, 11) is 0. The Labute approximate surface area is 496 Å². The van der Waals surface area contributed by atoms with E-state index >= 15 is 70.2 Å². The number of H-pyrrole nitrogens is 2. The van der Waals surface area contributed by atoms with Crippen molar-refractivity contribution in [1.29, 1.82) is 0 Å². The van der Waals surface area contributed by atoms with Crippen LogP contribution in [0.15, 0.2) is 34.1 Å². The van der Waals surface area contributed by atoms with Gasteiger partial charge in [-0.25, -0.2) is 89.0 Å². The van der Waals surface area contributed by atoms with Gasteiger partial charge in [-0.2, -0.15) is 0 Å². The number of aromatic amines is 2. The van der Waals surface area contributed by atoms with E-state index in [0.29, 0.717) is 48.6 Å². The fourth-order valence-corrected chi connectivity index (χ4v) is 12.6. The van der Waals surface area contributed by atoms with Crippen molar-refractivity contribution in [3.63, 3.8) is 0 Å². The van der Waals surface area contributed by atoms with Gasteiger partial charge in [-0.05, 0) is 48.6 Å². The third-order valence-electron chi connectivity index (χ3n) is 14.8. The lowest BCUT2D eigenvalue weighted by atomic mass is 10.0. The quantitative estimate of drug-likeness (QED) is 0.0349. The number of benzene rings is 4. The molecule has 14 nitrogen and oxygen atoms in total. The second-order valence-corrected chi connectivity index (χ2v) is 22.2. The number of hydrogen-bond acceptors (Lipinski definition) is 14. The van der Waals surface area contributed by atoms with E-state index in [1.165, 1.54) is 0 Å². The molecule has 0 spiro atoms. The van der Waals surface area contributed by atoms with Crippen molar-refractivity contribution < 1.29 is 129 Å². The van der Waals surface area contributed by atoms with E-state index in [-0.39, 0.29) is 23.5 Å². The van der Waals surface area contributed by atoms with E-state index in [1.807, 2.05) is 0 Å². The minimum absolute atomic E-state index is 0.342. The van der Waals surface area contributed by atoms with Crippen LogP contribution in [0.1, 0.15) is 22.8 Å². The van der Waals surface area contributed by atoms with Crippen LogP contribution in [0.5, 0.6) is 0 Å². The number of nitrogens with zero attached hydrogens (tertiary/aromatic N) is 2. The number of hydrogen-bond donors (Lipinski definition) is 10. The van der Waals surface area contributed by atoms with Gasteiger partial charge in [0.05, 0.1) is 68.0 Å². The fraction of sp³-hybridized carbons (Fsp3) is 0.214. The highest BCUT2D eigenvalue weighted by atomic mass is 32.2. The summed E-state index contributed by atoms with van der Waals surface area (Å²) in [6.45, 7) is -2.20. The van der Waals surface area contributed by atoms with E-state index < -0.39 is 277 Å². The summed E-state index contributed by atoms with van der Waals surface area (Å²) in [6, 6.07) is 2.49. The smallest absolute Gasteiger partial charge is 0.200 e. The molecule has 10 atom stereocenters. The standard InChI is InChI=1S/C56H32F18N4O10S2/c57-29-25(30(58)38(66)41(69)37(29)65)21-11-1-5-15(75-11)23(27-33(61)43(71)53(44(72)34(27)62)89-55-51(85)49(83)47(81)19(9-79)87-55)16-7-3-13(77-16)22(26-31(59)39(67)42(70)40(68)32(26)60)14-4-8-18(78-14)24(17-6-2-12(21)76-17)28-35(63)45(73)54(46(74)36(28)64)90-56-52(86)50(84)48(82)20(10-80)88-56/h1-8,19-20,47-52,55-56,75,78-86H,9-10H2/t19-,20-,47-,48-,49+,50+,51+,52+,55-,56-/m1/s1. The monoisotopic (exact) mass is 1330 g/mol. The fourth-order valence-electron chi connectivity index (χ4n) is 10.3. The number of aromatic nitrogens is 4. The van der Waals surface area contributed by atoms with Crippen LogP contribution in [-0.2, 0) is 9.47 Å². The first kappa shape index (κ1) is 64.1. The van der Waals surface area contributed by atoms with Crippen LogP contribution in [0.3, 0.4) is 0 Å². The van der Waals surface area contributed by atoms with E-state index in [0.717, 1.165) is 0 Å². The predicted molar refractivity (Wildman–Crippen MR) is 279 cm³/mol. The number of thioether (sulfide) groups is 2. The first-order valence-electron chi connectivity index (χ1n) is 25.4. The van der Waals surface area contributed by atoms with E-state index in [4.69, 9.17) is 9.47 Å². The summed E-state index contributed by atoms with van der Waals surface area (Å²) in [4.78, 5) is 9.39. The van der Waals surface area contributed by atoms with Crippen LogP contribution in [-0.4, -0.2) is 134 Å². The van der Waals surface area contributed by atoms with Crippen molar-refractivity contribution >= 4 is 69.9 Å². The maximum atomic E-state index is 17.1. The van der Waals surface area contributed by atoms with E-state index in [2.05, 4.69) is 19.9 Å². The molecule has 34 heteroatoms. The molecule has 474 valence electrons. The molecule has 0 saturated carbocycles. The van der Waals surface area contributed by atoms with E-state index in [1.54, 1.807) is 0 Å². The van der Waals surface area contributed by atoms with Crippen LogP contribution in [0.2, 0.25) is 0 Å². The van der Waals surface area contributed by atoms with Crippen LogP contribution in [0.25, 0.3) is 90.9 Å². The number of nitrogens with one attached hydrogen (secondary N) is 2. The molecule has 2 saturated heterocycles. The maximum absolute atomic E-state index is 17.1. The second-order valence-electron chi connectivity index (χ2n) is 19.9. The minimum Gasteiger partial charge on any atom is -0.394 e. The molecule has 0 unspecified atom stereocenters. The normalized spacial score (nSPS) is 22.6. The molecule has 7 aromatic rings. The summed E-state index contributed by atoms with van der Waals surface area (Å²) in [5, 5.41) is 81.6. The van der Waals surface area contributed by atoms with Crippen LogP contribution in [0, 0.1) is 105 Å². The summed E-state index contributed by atoms with van der Waals surface area (Å²) < 4.78 is 301. The van der Waals surface area contributed by atoms with Gasteiger partial charge >= 0.3 is 0 Å². The Morgan fingerprint density at radius 3 is 0.767 bits per heavy atom. The zero-order chi connectivity index (χ0) is 65.3. The van der Waals surface area contributed by atoms with Crippen molar-refractivity contribution in [2.45, 2.75) is 69.5 Å². The van der Waals surface area contributed by atoms with Gasteiger partial charge in [-0.3, -0.25) is 0 Å². The van der Waals surface area contributed by atoms with Gasteiger partial charge in [0.2, 0.25) is 11.6 Å². The highest BCUT2D eigenvalue weighted by Gasteiger charge is 2.47. The third kappa shape index (κ3) is 10.1. The molecule has 0 amide bonds. The molecule has 90 heavy (non-hydrogen) atoms. The Balaban J connectivity index is 1.27. The van der Waals surface area contributed by atoms with Gasteiger partial charge in [-0.1, -0.05) is 23.5 Å². The Morgan fingerprint density at radius 2 is 0.533 bits per heavy atom.